The van der Waals surface area contributed by atoms with Crippen LogP contribution in [0, 0.1) is 24.5 Å². The number of benzene rings is 1. The first-order valence-electron chi connectivity index (χ1n) is 3.37. The lowest BCUT2D eigenvalue weighted by Gasteiger charge is -2.00. The Labute approximate surface area is 71.0 Å². The summed E-state index contributed by atoms with van der Waals surface area (Å²) in [4.78, 5) is 1.06. The molecule has 1 nitrogen and oxygen atoms in total. The van der Waals surface area contributed by atoms with Crippen LogP contribution in [0.25, 0.3) is 0 Å². The van der Waals surface area contributed by atoms with Crippen LogP contribution < -0.4 is 0 Å². The third kappa shape index (κ3) is 1.99. The normalized spacial score (nSPS) is 9.18. The summed E-state index contributed by atoms with van der Waals surface area (Å²) in [6.07, 6.45) is 0. The average Bonchev–Trinajstić information content (AvgIpc) is 1.98. The molecule has 0 aliphatic rings. The van der Waals surface area contributed by atoms with E-state index in [2.05, 4.69) is 11.5 Å². The van der Waals surface area contributed by atoms with E-state index in [1.54, 1.807) is 0 Å². The van der Waals surface area contributed by atoms with E-state index in [1.807, 2.05) is 26.0 Å². The maximum Gasteiger partial charge on any atom is 0.138 e. The second kappa shape index (κ2) is 3.45. The molecular weight excluding hydrogens is 154 g/mol. The van der Waals surface area contributed by atoms with E-state index in [-0.39, 0.29) is 0 Å². The summed E-state index contributed by atoms with van der Waals surface area (Å²) in [5.41, 5.74) is 2.37. The number of hydrogen-bond acceptors (Lipinski definition) is 2. The molecule has 0 amide bonds. The number of hydrogen-bond donors (Lipinski definition) is 0. The summed E-state index contributed by atoms with van der Waals surface area (Å²) >= 11 is 1.22. The van der Waals surface area contributed by atoms with Crippen molar-refractivity contribution < 1.29 is 0 Å². The molecule has 0 N–H and O–H groups in total. The Morgan fingerprint density at radius 3 is 2.73 bits per heavy atom. The van der Waals surface area contributed by atoms with Crippen molar-refractivity contribution in [1.29, 1.82) is 5.26 Å². The predicted molar refractivity (Wildman–Crippen MR) is 47.4 cm³/mol. The zero-order chi connectivity index (χ0) is 8.27. The molecule has 0 atom stereocenters. The molecule has 56 valence electrons. The first kappa shape index (κ1) is 8.16. The Morgan fingerprint density at radius 2 is 2.09 bits per heavy atom. The summed E-state index contributed by atoms with van der Waals surface area (Å²) in [5, 5.41) is 10.5. The zero-order valence-electron chi connectivity index (χ0n) is 6.59. The molecule has 0 fully saturated rings. The highest BCUT2D eigenvalue weighted by molar-refractivity contribution is 8.03. The van der Waals surface area contributed by atoms with Gasteiger partial charge in [0.2, 0.25) is 0 Å². The fourth-order valence-corrected chi connectivity index (χ4v) is 1.44. The van der Waals surface area contributed by atoms with Crippen LogP contribution in [0.5, 0.6) is 0 Å². The van der Waals surface area contributed by atoms with Gasteiger partial charge in [-0.3, -0.25) is 0 Å². The van der Waals surface area contributed by atoms with Gasteiger partial charge in [0.1, 0.15) is 5.40 Å². The second-order valence-electron chi connectivity index (χ2n) is 2.46. The van der Waals surface area contributed by atoms with Gasteiger partial charge in [0.15, 0.2) is 0 Å². The third-order valence-electron chi connectivity index (χ3n) is 1.50. The molecule has 0 unspecified atom stereocenters. The first-order chi connectivity index (χ1) is 5.24. The molecule has 0 radical (unpaired) electrons. The standard InChI is InChI=1S/C9H9NS/c1-7-3-4-8(2)9(5-7)11-6-10/h3-5H,1-2H3. The minimum absolute atomic E-state index is 1.06. The lowest BCUT2D eigenvalue weighted by molar-refractivity contribution is 1.26. The molecule has 1 aromatic carbocycles. The molecule has 11 heavy (non-hydrogen) atoms. The molecule has 0 bridgehead atoms. The van der Waals surface area contributed by atoms with Crippen molar-refractivity contribution >= 4 is 11.8 Å². The number of aryl methyl sites for hydroxylation is 2. The Bertz CT molecular complexity index is 299. The smallest absolute Gasteiger partial charge is 0.138 e. The number of nitrogens with zero attached hydrogens (tertiary/aromatic N) is 1. The summed E-state index contributed by atoms with van der Waals surface area (Å²) in [6, 6.07) is 6.12. The second-order valence-corrected chi connectivity index (χ2v) is 3.29. The van der Waals surface area contributed by atoms with Gasteiger partial charge in [-0.25, -0.2) is 0 Å². The minimum Gasteiger partial charge on any atom is -0.185 e. The van der Waals surface area contributed by atoms with E-state index in [0.29, 0.717) is 0 Å². The Balaban J connectivity index is 3.05. The van der Waals surface area contributed by atoms with Gasteiger partial charge in [-0.2, -0.15) is 5.26 Å². The zero-order valence-corrected chi connectivity index (χ0v) is 7.40. The fraction of sp³-hybridized carbons (Fsp3) is 0.222. The van der Waals surface area contributed by atoms with E-state index >= 15 is 0 Å². The maximum atomic E-state index is 8.45. The van der Waals surface area contributed by atoms with Crippen molar-refractivity contribution in [3.63, 3.8) is 0 Å². The number of thiocyanates is 1. The first-order valence-corrected chi connectivity index (χ1v) is 4.19. The van der Waals surface area contributed by atoms with E-state index in [1.165, 1.54) is 22.9 Å². The van der Waals surface area contributed by atoms with Crippen LogP contribution >= 0.6 is 11.8 Å². The van der Waals surface area contributed by atoms with E-state index in [4.69, 9.17) is 5.26 Å². The van der Waals surface area contributed by atoms with E-state index in [0.717, 1.165) is 4.90 Å². The fourth-order valence-electron chi connectivity index (χ4n) is 0.866. The van der Waals surface area contributed by atoms with Crippen LogP contribution in [0.15, 0.2) is 23.1 Å². The van der Waals surface area contributed by atoms with Gasteiger partial charge in [-0.05, 0) is 42.8 Å². The average molecular weight is 163 g/mol. The molecular formula is C9H9NS. The quantitative estimate of drug-likeness (QED) is 0.469. The third-order valence-corrected chi connectivity index (χ3v) is 2.25. The van der Waals surface area contributed by atoms with Crippen molar-refractivity contribution in [3.05, 3.63) is 29.3 Å². The molecule has 0 aliphatic heterocycles. The van der Waals surface area contributed by atoms with E-state index < -0.39 is 0 Å². The van der Waals surface area contributed by atoms with Gasteiger partial charge in [0.25, 0.3) is 0 Å². The van der Waals surface area contributed by atoms with Gasteiger partial charge in [-0.15, -0.1) is 0 Å². The van der Waals surface area contributed by atoms with Crippen molar-refractivity contribution in [3.8, 4) is 5.40 Å². The van der Waals surface area contributed by atoms with Gasteiger partial charge < -0.3 is 0 Å². The monoisotopic (exact) mass is 163 g/mol. The lowest BCUT2D eigenvalue weighted by atomic mass is 10.2. The molecule has 1 rings (SSSR count). The molecule has 0 spiro atoms. The largest absolute Gasteiger partial charge is 0.185 e. The Hall–Kier alpha value is -0.940. The molecule has 1 aromatic rings. The summed E-state index contributed by atoms with van der Waals surface area (Å²) in [7, 11) is 0. The maximum absolute atomic E-state index is 8.45. The highest BCUT2D eigenvalue weighted by atomic mass is 32.2. The number of thioether (sulfide) groups is 1. The van der Waals surface area contributed by atoms with E-state index in [9.17, 15) is 0 Å². The van der Waals surface area contributed by atoms with Crippen LogP contribution in [0.3, 0.4) is 0 Å². The number of nitriles is 1. The molecule has 0 aromatic heterocycles. The SMILES string of the molecule is Cc1ccc(C)c(SC#N)c1. The van der Waals surface area contributed by atoms with Gasteiger partial charge in [0.05, 0.1) is 0 Å². The van der Waals surface area contributed by atoms with Crippen LogP contribution in [-0.2, 0) is 0 Å². The molecule has 0 heterocycles. The molecule has 0 saturated carbocycles. The van der Waals surface area contributed by atoms with Gasteiger partial charge >= 0.3 is 0 Å². The van der Waals surface area contributed by atoms with Crippen LogP contribution in [0.2, 0.25) is 0 Å². The minimum atomic E-state index is 1.06. The molecule has 2 heteroatoms. The molecule has 0 saturated heterocycles. The van der Waals surface area contributed by atoms with Crippen molar-refractivity contribution in [2.75, 3.05) is 0 Å². The topological polar surface area (TPSA) is 23.8 Å². The lowest BCUT2D eigenvalue weighted by Crippen LogP contribution is -1.79. The Morgan fingerprint density at radius 1 is 1.36 bits per heavy atom. The summed E-state index contributed by atoms with van der Waals surface area (Å²) < 4.78 is 0. The highest BCUT2D eigenvalue weighted by Gasteiger charge is 1.97. The van der Waals surface area contributed by atoms with Crippen LogP contribution in [0.4, 0.5) is 0 Å². The highest BCUT2D eigenvalue weighted by Crippen LogP contribution is 2.21. The summed E-state index contributed by atoms with van der Waals surface area (Å²) in [6.45, 7) is 4.04. The van der Waals surface area contributed by atoms with Crippen molar-refractivity contribution in [2.24, 2.45) is 0 Å². The van der Waals surface area contributed by atoms with Crippen LogP contribution in [-0.4, -0.2) is 0 Å². The summed E-state index contributed by atoms with van der Waals surface area (Å²) in [5.74, 6) is 0. The van der Waals surface area contributed by atoms with Crippen molar-refractivity contribution in [2.45, 2.75) is 18.7 Å². The number of rotatable bonds is 1. The van der Waals surface area contributed by atoms with Gasteiger partial charge in [0, 0.05) is 4.90 Å². The predicted octanol–water partition coefficient (Wildman–Crippen LogP) is 2.88. The molecule has 0 aliphatic carbocycles. The van der Waals surface area contributed by atoms with Crippen LogP contribution in [0.1, 0.15) is 11.1 Å². The Kier molecular flexibility index (Phi) is 2.56. The van der Waals surface area contributed by atoms with Crippen molar-refractivity contribution in [1.82, 2.24) is 0 Å². The van der Waals surface area contributed by atoms with Gasteiger partial charge in [-0.1, -0.05) is 12.1 Å².